The third-order valence-corrected chi connectivity index (χ3v) is 5.99. The number of halogens is 3. The largest absolute Gasteiger partial charge is 0.493 e. The van der Waals surface area contributed by atoms with Gasteiger partial charge in [0.25, 0.3) is 0 Å². The molecular formula is C29H26F3N3O5. The molecule has 0 aliphatic rings. The molecule has 4 aromatic rings. The lowest BCUT2D eigenvalue weighted by Crippen LogP contribution is -2.46. The molecule has 0 saturated heterocycles. The van der Waals surface area contributed by atoms with Crippen LogP contribution < -0.4 is 19.1 Å². The smallest absolute Gasteiger partial charge is 0.471 e. The number of Topliss-reactive ketones (excluding diaryl/α,β-unsaturated/α-hetero) is 1. The van der Waals surface area contributed by atoms with Crippen molar-refractivity contribution in [2.75, 3.05) is 19.1 Å². The molecule has 4 rings (SSSR count). The molecule has 0 aliphatic heterocycles. The topological polar surface area (TPSA) is 90.9 Å². The van der Waals surface area contributed by atoms with Crippen LogP contribution in [-0.4, -0.2) is 48.2 Å². The minimum Gasteiger partial charge on any atom is -0.493 e. The average Bonchev–Trinajstić information content (AvgIpc) is 2.94. The van der Waals surface area contributed by atoms with E-state index in [1.54, 1.807) is 32.0 Å². The third-order valence-electron chi connectivity index (χ3n) is 5.99. The van der Waals surface area contributed by atoms with Crippen molar-refractivity contribution < 1.29 is 37.0 Å². The molecule has 0 radical (unpaired) electrons. The van der Waals surface area contributed by atoms with Crippen LogP contribution in [0.25, 0.3) is 10.8 Å². The summed E-state index contributed by atoms with van der Waals surface area (Å²) in [6.45, 7) is 3.60. The van der Waals surface area contributed by atoms with Crippen molar-refractivity contribution in [2.24, 2.45) is 0 Å². The third kappa shape index (κ3) is 5.83. The fraction of sp³-hybridized carbons (Fsp3) is 0.241. The summed E-state index contributed by atoms with van der Waals surface area (Å²) in [5, 5.41) is 0.800. The number of carbonyl (C=O) groups is 2. The molecular weight excluding hydrogens is 527 g/mol. The summed E-state index contributed by atoms with van der Waals surface area (Å²) in [6, 6.07) is 9.87. The van der Waals surface area contributed by atoms with E-state index < -0.39 is 23.9 Å². The normalized spacial score (nSPS) is 12.2. The van der Waals surface area contributed by atoms with Crippen molar-refractivity contribution in [3.05, 3.63) is 84.4 Å². The second-order valence-corrected chi connectivity index (χ2v) is 9.00. The number of alkyl halides is 3. The van der Waals surface area contributed by atoms with Gasteiger partial charge in [-0.05, 0) is 55.6 Å². The number of benzene rings is 2. The first-order valence-electron chi connectivity index (χ1n) is 12.2. The van der Waals surface area contributed by atoms with E-state index in [9.17, 15) is 22.8 Å². The van der Waals surface area contributed by atoms with Crippen LogP contribution >= 0.6 is 0 Å². The molecule has 208 valence electrons. The van der Waals surface area contributed by atoms with Gasteiger partial charge in [0.05, 0.1) is 20.3 Å². The molecule has 11 heteroatoms. The number of ketones is 1. The number of aromatic nitrogens is 2. The standard InChI is InChI=1S/C29H26F3N3O5/c1-17(2)40-21-7-5-6-18(12-21)27(36)26(35(28(37)29(30,31)32)20-8-10-33-11-9-20)23-16-34-15-19-13-24(38-3)25(39-4)14-22(19)23/h5-17,26H,1-4H3. The number of rotatable bonds is 9. The van der Waals surface area contributed by atoms with E-state index in [4.69, 9.17) is 14.2 Å². The van der Waals surface area contributed by atoms with Crippen LogP contribution in [-0.2, 0) is 4.79 Å². The highest BCUT2D eigenvalue weighted by atomic mass is 19.4. The number of hydrogen-bond acceptors (Lipinski definition) is 7. The maximum atomic E-state index is 14.2. The number of methoxy groups -OCH3 is 2. The van der Waals surface area contributed by atoms with Crippen molar-refractivity contribution in [2.45, 2.75) is 32.2 Å². The minimum atomic E-state index is -5.30. The first-order valence-corrected chi connectivity index (χ1v) is 12.2. The molecule has 0 saturated carbocycles. The Kier molecular flexibility index (Phi) is 8.22. The molecule has 0 N–H and O–H groups in total. The predicted octanol–water partition coefficient (Wildman–Crippen LogP) is 5.95. The van der Waals surface area contributed by atoms with Gasteiger partial charge in [0.2, 0.25) is 0 Å². The van der Waals surface area contributed by atoms with E-state index >= 15 is 0 Å². The molecule has 0 bridgehead atoms. The fourth-order valence-corrected chi connectivity index (χ4v) is 4.31. The lowest BCUT2D eigenvalue weighted by atomic mass is 9.92. The van der Waals surface area contributed by atoms with Crippen molar-refractivity contribution in [3.8, 4) is 17.2 Å². The van der Waals surface area contributed by atoms with E-state index in [1.165, 1.54) is 69.3 Å². The number of pyridine rings is 2. The highest BCUT2D eigenvalue weighted by Gasteiger charge is 2.48. The lowest BCUT2D eigenvalue weighted by molar-refractivity contribution is -0.170. The number of amides is 1. The second-order valence-electron chi connectivity index (χ2n) is 9.00. The van der Waals surface area contributed by atoms with Gasteiger partial charge in [-0.3, -0.25) is 24.5 Å². The van der Waals surface area contributed by atoms with Crippen LogP contribution in [0.5, 0.6) is 17.2 Å². The van der Waals surface area contributed by atoms with Crippen LogP contribution in [0.1, 0.15) is 35.8 Å². The Morgan fingerprint density at radius 3 is 2.20 bits per heavy atom. The lowest BCUT2D eigenvalue weighted by Gasteiger charge is -2.32. The van der Waals surface area contributed by atoms with Crippen LogP contribution in [0.3, 0.4) is 0 Å². The minimum absolute atomic E-state index is 0.0367. The summed E-state index contributed by atoms with van der Waals surface area (Å²) in [7, 11) is 2.84. The van der Waals surface area contributed by atoms with Crippen molar-refractivity contribution in [3.63, 3.8) is 0 Å². The van der Waals surface area contributed by atoms with Gasteiger partial charge >= 0.3 is 12.1 Å². The first-order chi connectivity index (χ1) is 19.0. The molecule has 0 fully saturated rings. The number of carbonyl (C=O) groups excluding carboxylic acids is 2. The predicted molar refractivity (Wildman–Crippen MR) is 142 cm³/mol. The molecule has 8 nitrogen and oxygen atoms in total. The molecule has 1 unspecified atom stereocenters. The van der Waals surface area contributed by atoms with Crippen molar-refractivity contribution >= 4 is 28.2 Å². The zero-order valence-electron chi connectivity index (χ0n) is 22.1. The van der Waals surface area contributed by atoms with Crippen LogP contribution in [0.2, 0.25) is 0 Å². The SMILES string of the molecule is COc1cc2cncc(C(C(=O)c3cccc(OC(C)C)c3)N(C(=O)C(F)(F)F)c3ccncc3)c2cc1OC. The van der Waals surface area contributed by atoms with E-state index in [1.807, 2.05) is 0 Å². The van der Waals surface area contributed by atoms with Gasteiger partial charge in [-0.2, -0.15) is 13.2 Å². The molecule has 2 aromatic carbocycles. The zero-order valence-corrected chi connectivity index (χ0v) is 22.1. The Balaban J connectivity index is 2.03. The van der Waals surface area contributed by atoms with E-state index in [2.05, 4.69) is 9.97 Å². The van der Waals surface area contributed by atoms with Gasteiger partial charge in [-0.25, -0.2) is 0 Å². The Hall–Kier alpha value is -4.67. The highest BCUT2D eigenvalue weighted by molar-refractivity contribution is 6.11. The Bertz CT molecular complexity index is 1530. The molecule has 2 heterocycles. The molecule has 2 aromatic heterocycles. The second kappa shape index (κ2) is 11.6. The Morgan fingerprint density at radius 2 is 1.57 bits per heavy atom. The van der Waals surface area contributed by atoms with E-state index in [-0.39, 0.29) is 28.7 Å². The maximum Gasteiger partial charge on any atom is 0.471 e. The summed E-state index contributed by atoms with van der Waals surface area (Å²) in [6.07, 6.45) is -0.306. The van der Waals surface area contributed by atoms with Gasteiger partial charge in [0.1, 0.15) is 11.8 Å². The van der Waals surface area contributed by atoms with Crippen LogP contribution in [0.15, 0.2) is 73.3 Å². The Labute approximate surface area is 228 Å². The number of hydrogen-bond donors (Lipinski definition) is 0. The van der Waals surface area contributed by atoms with Gasteiger partial charge < -0.3 is 14.2 Å². The number of anilines is 1. The summed E-state index contributed by atoms with van der Waals surface area (Å²) in [5.41, 5.74) is -0.0922. The highest BCUT2D eigenvalue weighted by Crippen LogP contribution is 2.40. The van der Waals surface area contributed by atoms with E-state index in [0.29, 0.717) is 27.2 Å². The van der Waals surface area contributed by atoms with Gasteiger partial charge in [0, 0.05) is 47.0 Å². The van der Waals surface area contributed by atoms with Gasteiger partial charge in [0.15, 0.2) is 17.3 Å². The summed E-state index contributed by atoms with van der Waals surface area (Å²) >= 11 is 0. The summed E-state index contributed by atoms with van der Waals surface area (Å²) < 4.78 is 58.7. The maximum absolute atomic E-state index is 14.2. The number of fused-ring (bicyclic) bond motifs is 1. The Morgan fingerprint density at radius 1 is 0.900 bits per heavy atom. The summed E-state index contributed by atoms with van der Waals surface area (Å²) in [5.74, 6) is -2.04. The molecule has 0 spiro atoms. The first kappa shape index (κ1) is 28.3. The quantitative estimate of drug-likeness (QED) is 0.237. The molecule has 1 atom stereocenters. The number of nitrogens with zero attached hydrogens (tertiary/aromatic N) is 3. The van der Waals surface area contributed by atoms with Crippen molar-refractivity contribution in [1.29, 1.82) is 0 Å². The monoisotopic (exact) mass is 553 g/mol. The molecule has 40 heavy (non-hydrogen) atoms. The van der Waals surface area contributed by atoms with E-state index in [0.717, 1.165) is 0 Å². The van der Waals surface area contributed by atoms with Crippen LogP contribution in [0.4, 0.5) is 18.9 Å². The summed E-state index contributed by atoms with van der Waals surface area (Å²) in [4.78, 5) is 35.7. The molecule has 0 aliphatic carbocycles. The van der Waals surface area contributed by atoms with Crippen LogP contribution in [0, 0.1) is 0 Å². The van der Waals surface area contributed by atoms with Gasteiger partial charge in [-0.15, -0.1) is 0 Å². The average molecular weight is 554 g/mol. The fourth-order valence-electron chi connectivity index (χ4n) is 4.31. The van der Waals surface area contributed by atoms with Gasteiger partial charge in [-0.1, -0.05) is 12.1 Å². The number of ether oxygens (including phenoxy) is 3. The zero-order chi connectivity index (χ0) is 29.0. The molecule has 1 amide bonds. The van der Waals surface area contributed by atoms with Crippen molar-refractivity contribution in [1.82, 2.24) is 9.97 Å².